The molecule has 13 heavy (non-hydrogen) atoms. The first-order valence-corrected chi connectivity index (χ1v) is 4.19. The summed E-state index contributed by atoms with van der Waals surface area (Å²) in [5.74, 6) is 0. The zero-order valence-corrected chi connectivity index (χ0v) is 7.64. The monoisotopic (exact) mass is 200 g/mol. The number of ether oxygens (including phenoxy) is 2. The molecule has 0 spiro atoms. The zero-order chi connectivity index (χ0) is 10.1. The van der Waals surface area contributed by atoms with E-state index in [1.54, 1.807) is 6.92 Å². The van der Waals surface area contributed by atoms with Gasteiger partial charge < -0.3 is 9.47 Å². The minimum atomic E-state index is -1.08. The second-order valence-corrected chi connectivity index (χ2v) is 2.59. The van der Waals surface area contributed by atoms with Crippen molar-refractivity contribution in [2.75, 3.05) is 26.7 Å². The molecule has 0 aromatic carbocycles. The molecule has 0 aromatic rings. The van der Waals surface area contributed by atoms with Crippen molar-refractivity contribution >= 4 is 0 Å². The van der Waals surface area contributed by atoms with Gasteiger partial charge in [0, 0.05) is 0 Å². The van der Waals surface area contributed by atoms with Gasteiger partial charge >= 0.3 is 0 Å². The summed E-state index contributed by atoms with van der Waals surface area (Å²) in [6.45, 7) is -0.471. The third kappa shape index (κ3) is 6.83. The van der Waals surface area contributed by atoms with Crippen molar-refractivity contribution in [3.63, 3.8) is 0 Å². The molecule has 80 valence electrons. The van der Waals surface area contributed by atoms with Crippen LogP contribution in [0.25, 0.3) is 0 Å². The van der Waals surface area contributed by atoms with Crippen molar-refractivity contribution in [3.8, 4) is 0 Å². The second-order valence-electron chi connectivity index (χ2n) is 2.59. The van der Waals surface area contributed by atoms with E-state index in [9.17, 15) is 13.2 Å². The van der Waals surface area contributed by atoms with Crippen molar-refractivity contribution in [1.29, 1.82) is 0 Å². The van der Waals surface area contributed by atoms with Gasteiger partial charge in [-0.3, -0.25) is 0 Å². The Morgan fingerprint density at radius 1 is 1.23 bits per heavy atom. The van der Waals surface area contributed by atoms with Crippen molar-refractivity contribution < 1.29 is 22.6 Å². The molecular formula is C8H15F3O2. The van der Waals surface area contributed by atoms with E-state index >= 15 is 0 Å². The number of halogens is 3. The Kier molecular flexibility index (Phi) is 8.13. The molecule has 0 aromatic heterocycles. The Hall–Kier alpha value is -0.290. The summed E-state index contributed by atoms with van der Waals surface area (Å²) in [4.78, 5) is 0. The number of hydrogen-bond donors (Lipinski definition) is 0. The predicted molar refractivity (Wildman–Crippen MR) is 42.8 cm³/mol. The van der Waals surface area contributed by atoms with Gasteiger partial charge in [0.2, 0.25) is 0 Å². The Labute approximate surface area is 76.0 Å². The molecule has 0 aliphatic heterocycles. The Morgan fingerprint density at radius 3 is 2.31 bits per heavy atom. The third-order valence-electron chi connectivity index (χ3n) is 1.47. The molecule has 0 rings (SSSR count). The molecule has 0 bridgehead atoms. The van der Waals surface area contributed by atoms with Gasteiger partial charge in [-0.05, 0) is 6.42 Å². The SMILES string of the molecule is CCC(F)COCOC(CF)CF. The lowest BCUT2D eigenvalue weighted by molar-refractivity contribution is -0.109. The van der Waals surface area contributed by atoms with Gasteiger partial charge in [-0.1, -0.05) is 6.92 Å². The fourth-order valence-corrected chi connectivity index (χ4v) is 0.569. The molecule has 0 saturated heterocycles. The van der Waals surface area contributed by atoms with E-state index in [0.717, 1.165) is 0 Å². The first-order valence-electron chi connectivity index (χ1n) is 4.19. The van der Waals surface area contributed by atoms with Crippen LogP contribution in [0, 0.1) is 0 Å². The van der Waals surface area contributed by atoms with Crippen molar-refractivity contribution in [2.45, 2.75) is 25.6 Å². The third-order valence-corrected chi connectivity index (χ3v) is 1.47. The minimum absolute atomic E-state index is 0.0954. The average Bonchev–Trinajstić information content (AvgIpc) is 2.18. The van der Waals surface area contributed by atoms with E-state index in [2.05, 4.69) is 9.47 Å². The van der Waals surface area contributed by atoms with Crippen LogP contribution < -0.4 is 0 Å². The lowest BCUT2D eigenvalue weighted by atomic mass is 10.3. The maximum Gasteiger partial charge on any atom is 0.147 e. The lowest BCUT2D eigenvalue weighted by Gasteiger charge is -2.11. The van der Waals surface area contributed by atoms with Crippen LogP contribution >= 0.6 is 0 Å². The van der Waals surface area contributed by atoms with E-state index < -0.39 is 25.6 Å². The molecule has 0 aliphatic rings. The van der Waals surface area contributed by atoms with E-state index in [1.165, 1.54) is 0 Å². The molecule has 0 radical (unpaired) electrons. The molecular weight excluding hydrogens is 185 g/mol. The molecule has 0 N–H and O–H groups in total. The highest BCUT2D eigenvalue weighted by Crippen LogP contribution is 1.99. The maximum atomic E-state index is 12.5. The smallest absolute Gasteiger partial charge is 0.147 e. The average molecular weight is 200 g/mol. The van der Waals surface area contributed by atoms with Crippen LogP contribution in [0.2, 0.25) is 0 Å². The number of hydrogen-bond acceptors (Lipinski definition) is 2. The molecule has 5 heteroatoms. The topological polar surface area (TPSA) is 18.5 Å². The molecule has 0 fully saturated rings. The second kappa shape index (κ2) is 8.31. The Balaban J connectivity index is 3.23. The van der Waals surface area contributed by atoms with Gasteiger partial charge in [0.15, 0.2) is 0 Å². The van der Waals surface area contributed by atoms with Crippen molar-refractivity contribution in [3.05, 3.63) is 0 Å². The summed E-state index contributed by atoms with van der Waals surface area (Å²) >= 11 is 0. The first kappa shape index (κ1) is 12.7. The van der Waals surface area contributed by atoms with Crippen LogP contribution in [-0.4, -0.2) is 39.0 Å². The molecule has 0 saturated carbocycles. The lowest BCUT2D eigenvalue weighted by Crippen LogP contribution is -2.21. The van der Waals surface area contributed by atoms with Gasteiger partial charge in [0.25, 0.3) is 0 Å². The first-order chi connectivity index (χ1) is 6.24. The van der Waals surface area contributed by atoms with Gasteiger partial charge in [-0.25, -0.2) is 13.2 Å². The highest BCUT2D eigenvalue weighted by molar-refractivity contribution is 4.51. The summed E-state index contributed by atoms with van der Waals surface area (Å²) < 4.78 is 45.4. The van der Waals surface area contributed by atoms with Crippen molar-refractivity contribution in [1.82, 2.24) is 0 Å². The standard InChI is InChI=1S/C8H15F3O2/c1-2-7(11)5-12-6-13-8(3-9)4-10/h7-8H,2-6H2,1H3. The number of alkyl halides is 3. The highest BCUT2D eigenvalue weighted by Gasteiger charge is 2.08. The van der Waals surface area contributed by atoms with Crippen molar-refractivity contribution in [2.24, 2.45) is 0 Å². The summed E-state index contributed by atoms with van der Waals surface area (Å²) in [6.07, 6.45) is -1.77. The minimum Gasteiger partial charge on any atom is -0.352 e. The van der Waals surface area contributed by atoms with E-state index in [-0.39, 0.29) is 13.4 Å². The van der Waals surface area contributed by atoms with E-state index in [0.29, 0.717) is 6.42 Å². The summed E-state index contributed by atoms with van der Waals surface area (Å²) in [5, 5.41) is 0. The van der Waals surface area contributed by atoms with Crippen LogP contribution in [0.15, 0.2) is 0 Å². The maximum absolute atomic E-state index is 12.5. The van der Waals surface area contributed by atoms with Gasteiger partial charge in [0.05, 0.1) is 6.61 Å². The van der Waals surface area contributed by atoms with Gasteiger partial charge in [-0.2, -0.15) is 0 Å². The van der Waals surface area contributed by atoms with Crippen LogP contribution in [-0.2, 0) is 9.47 Å². The van der Waals surface area contributed by atoms with E-state index in [4.69, 9.17) is 0 Å². The molecule has 2 nitrogen and oxygen atoms in total. The van der Waals surface area contributed by atoms with Crippen LogP contribution in [0.4, 0.5) is 13.2 Å². The molecule has 0 aliphatic carbocycles. The highest BCUT2D eigenvalue weighted by atomic mass is 19.1. The molecule has 1 atom stereocenters. The van der Waals surface area contributed by atoms with Gasteiger partial charge in [0.1, 0.15) is 32.4 Å². The predicted octanol–water partition coefficient (Wildman–Crippen LogP) is 2.03. The zero-order valence-electron chi connectivity index (χ0n) is 7.64. The normalized spacial score (nSPS) is 13.6. The fraction of sp³-hybridized carbons (Fsp3) is 1.00. The summed E-state index contributed by atoms with van der Waals surface area (Å²) in [5.41, 5.74) is 0. The molecule has 0 amide bonds. The van der Waals surface area contributed by atoms with Gasteiger partial charge in [-0.15, -0.1) is 0 Å². The van der Waals surface area contributed by atoms with Crippen LogP contribution in [0.1, 0.15) is 13.3 Å². The molecule has 0 heterocycles. The Morgan fingerprint density at radius 2 is 1.85 bits per heavy atom. The quantitative estimate of drug-likeness (QED) is 0.441. The number of rotatable bonds is 8. The largest absolute Gasteiger partial charge is 0.352 e. The summed E-state index contributed by atoms with van der Waals surface area (Å²) in [7, 11) is 0. The van der Waals surface area contributed by atoms with Crippen LogP contribution in [0.5, 0.6) is 0 Å². The summed E-state index contributed by atoms with van der Waals surface area (Å²) in [6, 6.07) is 0. The molecule has 1 unspecified atom stereocenters. The fourth-order valence-electron chi connectivity index (χ4n) is 0.569. The van der Waals surface area contributed by atoms with E-state index in [1.807, 2.05) is 0 Å². The van der Waals surface area contributed by atoms with Crippen LogP contribution in [0.3, 0.4) is 0 Å². The Bertz CT molecular complexity index is 110.